The summed E-state index contributed by atoms with van der Waals surface area (Å²) >= 11 is 0. The van der Waals surface area contributed by atoms with Crippen molar-refractivity contribution in [3.8, 4) is 0 Å². The smallest absolute Gasteiger partial charge is 0.232 e. The summed E-state index contributed by atoms with van der Waals surface area (Å²) < 4.78 is 24.8. The van der Waals surface area contributed by atoms with Gasteiger partial charge in [-0.15, -0.1) is 0 Å². The normalized spacial score (nSPS) is 14.5. The number of hydrogen-bond acceptors (Lipinski definition) is 8. The van der Waals surface area contributed by atoms with Gasteiger partial charge in [-0.05, 0) is 0 Å². The highest BCUT2D eigenvalue weighted by Gasteiger charge is 1.91. The minimum Gasteiger partial charge on any atom is -0.285 e. The van der Waals surface area contributed by atoms with E-state index < -0.39 is 27.1 Å². The Hall–Kier alpha value is 1.40. The Morgan fingerprint density at radius 1 is 0.667 bits per heavy atom. The molecule has 0 amide bonds. The predicted molar refractivity (Wildman–Crippen MR) is 45.0 cm³/mol. The van der Waals surface area contributed by atoms with Gasteiger partial charge in [0.2, 0.25) is 9.03 Å². The fourth-order valence-electron chi connectivity index (χ4n) is 0.140. The lowest BCUT2D eigenvalue weighted by Crippen LogP contribution is -1.71. The Balaban J connectivity index is 2.73. The lowest BCUT2D eigenvalue weighted by atomic mass is 14.9. The van der Waals surface area contributed by atoms with E-state index in [4.69, 9.17) is 10.5 Å². The molecule has 0 radical (unpaired) electrons. The molecule has 0 aromatic rings. The van der Waals surface area contributed by atoms with Gasteiger partial charge >= 0.3 is 0 Å². The van der Waals surface area contributed by atoms with E-state index >= 15 is 0 Å². The molecule has 0 saturated carbocycles. The van der Waals surface area contributed by atoms with E-state index in [1.165, 1.54) is 0 Å². The van der Waals surface area contributed by atoms with Crippen LogP contribution in [-0.4, -0.2) is 10.5 Å². The van der Waals surface area contributed by atoms with Gasteiger partial charge in [-0.25, -0.2) is 10.5 Å². The van der Waals surface area contributed by atoms with Gasteiger partial charge in [0, 0.05) is 0 Å². The summed E-state index contributed by atoms with van der Waals surface area (Å²) in [4.78, 5) is 0. The van der Waals surface area contributed by atoms with E-state index in [1.54, 1.807) is 0 Å². The highest BCUT2D eigenvalue weighted by molar-refractivity contribution is 7.46. The number of hydrogen-bond donors (Lipinski definition) is 2. The van der Waals surface area contributed by atoms with E-state index in [1.807, 2.05) is 0 Å². The Kier molecular flexibility index (Phi) is 13.8. The van der Waals surface area contributed by atoms with Gasteiger partial charge < -0.3 is 0 Å². The fourth-order valence-corrected chi connectivity index (χ4v) is 1.54. The van der Waals surface area contributed by atoms with Crippen molar-refractivity contribution in [2.75, 3.05) is 0 Å². The summed E-state index contributed by atoms with van der Waals surface area (Å²) in [5, 5.41) is 15.5. The van der Waals surface area contributed by atoms with Gasteiger partial charge in [0.25, 0.3) is 0 Å². The van der Waals surface area contributed by atoms with Crippen LogP contribution in [0.25, 0.3) is 0 Å². The Morgan fingerprint density at radius 2 is 1.25 bits per heavy atom. The van der Waals surface area contributed by atoms with Crippen LogP contribution in [0.1, 0.15) is 0 Å². The van der Waals surface area contributed by atoms with Crippen LogP contribution in [-0.2, 0) is 27.3 Å². The second-order valence-corrected chi connectivity index (χ2v) is 3.88. The highest BCUT2D eigenvalue weighted by atomic mass is 31.2. The van der Waals surface area contributed by atoms with E-state index in [0.717, 1.165) is 0 Å². The Labute approximate surface area is 74.8 Å². The van der Waals surface area contributed by atoms with Crippen molar-refractivity contribution in [2.24, 2.45) is 0 Å². The van der Waals surface area contributed by atoms with Crippen molar-refractivity contribution in [1.29, 1.82) is 0 Å². The van der Waals surface area contributed by atoms with Crippen LogP contribution >= 0.6 is 36.1 Å². The monoisotopic (exact) mass is 258 g/mol. The van der Waals surface area contributed by atoms with Gasteiger partial charge in [-0.1, -0.05) is 0 Å². The molecule has 12 heteroatoms. The molecule has 0 aromatic carbocycles. The Bertz CT molecular complexity index is 67.5. The average Bonchev–Trinajstić information content (AvgIpc) is 2.10. The lowest BCUT2D eigenvalue weighted by Gasteiger charge is -2.01. The summed E-state index contributed by atoms with van der Waals surface area (Å²) in [7, 11) is -1.81. The molecule has 0 aliphatic rings. The third-order valence-corrected chi connectivity index (χ3v) is 2.30. The summed E-state index contributed by atoms with van der Waals surface area (Å²) in [5.74, 6) is 0. The molecular weight excluding hydrogens is 252 g/mol. The molecule has 0 aliphatic heterocycles. The average molecular weight is 258 g/mol. The third-order valence-electron chi connectivity index (χ3n) is 0.351. The van der Waals surface area contributed by atoms with Crippen molar-refractivity contribution in [1.82, 2.24) is 0 Å². The zero-order chi connectivity index (χ0) is 9.07. The highest BCUT2D eigenvalue weighted by Crippen LogP contribution is 2.35. The van der Waals surface area contributed by atoms with Crippen LogP contribution in [0.4, 0.5) is 0 Å². The third kappa shape index (κ3) is 11.4. The molecule has 12 heavy (non-hydrogen) atoms. The first-order valence-corrected chi connectivity index (χ1v) is 5.43. The fraction of sp³-hybridized carbons (Fsp3) is 0. The SMILES string of the molecule is OOPOOPOPOPOO. The minimum atomic E-state index is -0.613. The van der Waals surface area contributed by atoms with Crippen molar-refractivity contribution in [3.63, 3.8) is 0 Å². The molecule has 0 heterocycles. The second kappa shape index (κ2) is 12.4. The zero-order valence-corrected chi connectivity index (χ0v) is 9.34. The van der Waals surface area contributed by atoms with Crippen molar-refractivity contribution >= 4 is 36.1 Å². The molecule has 2 N–H and O–H groups in total. The summed E-state index contributed by atoms with van der Waals surface area (Å²) in [6, 6.07) is 0. The van der Waals surface area contributed by atoms with Crippen LogP contribution in [0, 0.1) is 0 Å². The standard InChI is InChI=1S/H6O8P4/c1-3-9-5-6-11-8-12-7-10-4-2/h1-2,9-12H. The van der Waals surface area contributed by atoms with Crippen LogP contribution in [0.5, 0.6) is 0 Å². The van der Waals surface area contributed by atoms with Crippen molar-refractivity contribution < 1.29 is 37.8 Å². The molecule has 0 spiro atoms. The number of rotatable bonds is 9. The summed E-state index contributed by atoms with van der Waals surface area (Å²) in [5.41, 5.74) is 0. The summed E-state index contributed by atoms with van der Waals surface area (Å²) in [6.07, 6.45) is 0. The maximum absolute atomic E-state index is 7.78. The first-order valence-electron chi connectivity index (χ1n) is 2.16. The molecule has 0 aromatic heterocycles. The van der Waals surface area contributed by atoms with Crippen LogP contribution in [0.3, 0.4) is 0 Å². The van der Waals surface area contributed by atoms with Gasteiger partial charge in [-0.3, -0.25) is 8.62 Å². The molecule has 4 atom stereocenters. The van der Waals surface area contributed by atoms with Gasteiger partial charge in [-0.2, -0.15) is 18.7 Å². The van der Waals surface area contributed by atoms with Crippen molar-refractivity contribution in [3.05, 3.63) is 0 Å². The zero-order valence-electron chi connectivity index (χ0n) is 5.34. The van der Waals surface area contributed by atoms with Crippen LogP contribution in [0.2, 0.25) is 0 Å². The Morgan fingerprint density at radius 3 is 1.92 bits per heavy atom. The summed E-state index contributed by atoms with van der Waals surface area (Å²) in [6.45, 7) is 0. The molecule has 8 nitrogen and oxygen atoms in total. The predicted octanol–water partition coefficient (Wildman–Crippen LogP) is 1.98. The molecular formula is H6O8P4. The first-order chi connectivity index (χ1) is 5.91. The topological polar surface area (TPSA) is 95.8 Å². The minimum absolute atomic E-state index is 0.315. The first kappa shape index (κ1) is 13.4. The van der Waals surface area contributed by atoms with E-state index in [9.17, 15) is 0 Å². The van der Waals surface area contributed by atoms with Crippen LogP contribution < -0.4 is 0 Å². The van der Waals surface area contributed by atoms with Crippen molar-refractivity contribution in [2.45, 2.75) is 0 Å². The molecule has 0 aliphatic carbocycles. The van der Waals surface area contributed by atoms with E-state index in [-0.39, 0.29) is 9.03 Å². The second-order valence-electron chi connectivity index (χ2n) is 0.887. The molecule has 4 unspecified atom stereocenters. The maximum Gasteiger partial charge on any atom is 0.232 e. The molecule has 0 saturated heterocycles. The maximum atomic E-state index is 7.78. The van der Waals surface area contributed by atoms with Crippen LogP contribution in [0.15, 0.2) is 0 Å². The quantitative estimate of drug-likeness (QED) is 0.280. The van der Waals surface area contributed by atoms with Gasteiger partial charge in [0.1, 0.15) is 0 Å². The molecule has 0 rings (SSSR count). The van der Waals surface area contributed by atoms with Gasteiger partial charge in [0.05, 0.1) is 0 Å². The van der Waals surface area contributed by atoms with E-state index in [0.29, 0.717) is 0 Å². The molecule has 0 bridgehead atoms. The molecule has 0 fully saturated rings. The van der Waals surface area contributed by atoms with E-state index in [2.05, 4.69) is 27.3 Å². The lowest BCUT2D eigenvalue weighted by molar-refractivity contribution is -0.167. The largest absolute Gasteiger partial charge is 0.285 e. The molecule has 74 valence electrons. The van der Waals surface area contributed by atoms with Gasteiger partial charge in [0.15, 0.2) is 27.1 Å².